The Morgan fingerprint density at radius 2 is 1.76 bits per heavy atom. The Balaban J connectivity index is 1.40. The molecule has 1 heterocycles. The first-order chi connectivity index (χ1) is 13.8. The predicted molar refractivity (Wildman–Crippen MR) is 107 cm³/mol. The highest BCUT2D eigenvalue weighted by Crippen LogP contribution is 2.29. The Labute approximate surface area is 173 Å². The molecule has 0 aromatic heterocycles. The summed E-state index contributed by atoms with van der Waals surface area (Å²) >= 11 is 5.90. The lowest BCUT2D eigenvalue weighted by atomic mass is 10.0. The van der Waals surface area contributed by atoms with Crippen molar-refractivity contribution < 1.29 is 18.0 Å². The van der Waals surface area contributed by atoms with Gasteiger partial charge in [0.15, 0.2) is 0 Å². The molecule has 4 nitrogen and oxygen atoms in total. The number of nitrogens with zero attached hydrogens (tertiary/aromatic N) is 1. The van der Waals surface area contributed by atoms with Crippen LogP contribution < -0.4 is 10.6 Å². The predicted octanol–water partition coefficient (Wildman–Crippen LogP) is 4.82. The zero-order valence-electron chi connectivity index (χ0n) is 15.8. The lowest BCUT2D eigenvalue weighted by molar-refractivity contribution is -0.137. The van der Waals surface area contributed by atoms with Gasteiger partial charge in [0.05, 0.1) is 5.56 Å². The molecule has 0 radical (unpaired) electrons. The summed E-state index contributed by atoms with van der Waals surface area (Å²) in [7, 11) is 0. The molecule has 2 N–H and O–H groups in total. The fourth-order valence-electron chi connectivity index (χ4n) is 3.36. The molecule has 1 saturated heterocycles. The van der Waals surface area contributed by atoms with Gasteiger partial charge in [-0.3, -0.25) is 4.90 Å². The molecule has 0 unspecified atom stereocenters. The number of carbonyl (C=O) groups excluding carboxylic acids is 1. The Morgan fingerprint density at radius 3 is 2.41 bits per heavy atom. The highest BCUT2D eigenvalue weighted by Gasteiger charge is 2.30. The summed E-state index contributed by atoms with van der Waals surface area (Å²) < 4.78 is 38.3. The topological polar surface area (TPSA) is 44.4 Å². The van der Waals surface area contributed by atoms with Crippen molar-refractivity contribution in [3.63, 3.8) is 0 Å². The molecule has 0 atom stereocenters. The van der Waals surface area contributed by atoms with Crippen LogP contribution in [0, 0.1) is 0 Å². The van der Waals surface area contributed by atoms with Crippen LogP contribution in [0.25, 0.3) is 0 Å². The molecule has 1 aliphatic rings. The monoisotopic (exact) mass is 425 g/mol. The fraction of sp³-hybridized carbons (Fsp3) is 0.381. The third-order valence-electron chi connectivity index (χ3n) is 4.95. The first kappa shape index (κ1) is 21.5. The standard InChI is InChI=1S/C21H23ClF3N3O/c22-18-6-4-15(5-7-18)14-28-10-8-19(9-11-28)27-20(29)26-13-16-2-1-3-17(12-16)21(23,24)25/h1-7,12,19H,8-11,13-14H2,(H2,26,27,29). The first-order valence-corrected chi connectivity index (χ1v) is 9.85. The summed E-state index contributed by atoms with van der Waals surface area (Å²) in [5, 5.41) is 6.26. The molecule has 29 heavy (non-hydrogen) atoms. The number of halogens is 4. The molecule has 0 aliphatic carbocycles. The van der Waals surface area contributed by atoms with Crippen molar-refractivity contribution in [1.82, 2.24) is 15.5 Å². The Bertz CT molecular complexity index is 819. The van der Waals surface area contributed by atoms with Crippen molar-refractivity contribution in [3.8, 4) is 0 Å². The highest BCUT2D eigenvalue weighted by molar-refractivity contribution is 6.30. The van der Waals surface area contributed by atoms with E-state index in [2.05, 4.69) is 15.5 Å². The maximum absolute atomic E-state index is 12.8. The smallest absolute Gasteiger partial charge is 0.335 e. The van der Waals surface area contributed by atoms with Crippen LogP contribution >= 0.6 is 11.6 Å². The molecule has 8 heteroatoms. The second-order valence-corrected chi connectivity index (χ2v) is 7.64. The van der Waals surface area contributed by atoms with Crippen molar-refractivity contribution in [3.05, 3.63) is 70.2 Å². The molecule has 0 bridgehead atoms. The quantitative estimate of drug-likeness (QED) is 0.721. The molecule has 0 spiro atoms. The van der Waals surface area contributed by atoms with E-state index >= 15 is 0 Å². The van der Waals surface area contributed by atoms with E-state index in [-0.39, 0.29) is 18.6 Å². The van der Waals surface area contributed by atoms with Crippen LogP contribution in [0.3, 0.4) is 0 Å². The second-order valence-electron chi connectivity index (χ2n) is 7.20. The molecule has 2 amide bonds. The molecule has 0 saturated carbocycles. The number of nitrogens with one attached hydrogen (secondary N) is 2. The van der Waals surface area contributed by atoms with Crippen LogP contribution in [0.15, 0.2) is 48.5 Å². The van der Waals surface area contributed by atoms with Gasteiger partial charge >= 0.3 is 12.2 Å². The van der Waals surface area contributed by atoms with Crippen LogP contribution in [0.2, 0.25) is 5.02 Å². The van der Waals surface area contributed by atoms with E-state index in [1.54, 1.807) is 6.07 Å². The van der Waals surface area contributed by atoms with Gasteiger partial charge in [0.25, 0.3) is 0 Å². The van der Waals surface area contributed by atoms with E-state index in [4.69, 9.17) is 11.6 Å². The molecule has 1 fully saturated rings. The van der Waals surface area contributed by atoms with Gasteiger partial charge in [-0.15, -0.1) is 0 Å². The third kappa shape index (κ3) is 6.65. The molecular weight excluding hydrogens is 403 g/mol. The third-order valence-corrected chi connectivity index (χ3v) is 5.20. The first-order valence-electron chi connectivity index (χ1n) is 9.47. The van der Waals surface area contributed by atoms with Gasteiger partial charge in [-0.2, -0.15) is 13.2 Å². The summed E-state index contributed by atoms with van der Waals surface area (Å²) in [6.07, 6.45) is -2.74. The van der Waals surface area contributed by atoms with Crippen LogP contribution in [-0.2, 0) is 19.3 Å². The summed E-state index contributed by atoms with van der Waals surface area (Å²) in [4.78, 5) is 14.4. The van der Waals surface area contributed by atoms with Gasteiger partial charge in [-0.25, -0.2) is 4.79 Å². The van der Waals surface area contributed by atoms with Gasteiger partial charge in [-0.1, -0.05) is 35.9 Å². The number of rotatable bonds is 5. The van der Waals surface area contributed by atoms with E-state index in [0.29, 0.717) is 10.6 Å². The minimum atomic E-state index is -4.39. The second kappa shape index (κ2) is 9.50. The van der Waals surface area contributed by atoms with Gasteiger partial charge < -0.3 is 10.6 Å². The highest BCUT2D eigenvalue weighted by atomic mass is 35.5. The number of piperidine rings is 1. The van der Waals surface area contributed by atoms with Crippen molar-refractivity contribution in [2.45, 2.75) is 38.1 Å². The zero-order valence-corrected chi connectivity index (χ0v) is 16.6. The van der Waals surface area contributed by atoms with Crippen LogP contribution in [0.1, 0.15) is 29.5 Å². The largest absolute Gasteiger partial charge is 0.416 e. The summed E-state index contributed by atoms with van der Waals surface area (Å²) in [6, 6.07) is 12.4. The van der Waals surface area contributed by atoms with Crippen LogP contribution in [-0.4, -0.2) is 30.1 Å². The number of hydrogen-bond donors (Lipinski definition) is 2. The molecule has 2 aromatic carbocycles. The van der Waals surface area contributed by atoms with E-state index in [1.165, 1.54) is 11.6 Å². The van der Waals surface area contributed by atoms with E-state index in [1.807, 2.05) is 24.3 Å². The number of likely N-dealkylation sites (tertiary alicyclic amines) is 1. The maximum Gasteiger partial charge on any atom is 0.416 e. The molecule has 2 aromatic rings. The number of benzene rings is 2. The molecular formula is C21H23ClF3N3O. The number of urea groups is 1. The summed E-state index contributed by atoms with van der Waals surface area (Å²) in [5.74, 6) is 0. The molecule has 156 valence electrons. The minimum Gasteiger partial charge on any atom is -0.335 e. The minimum absolute atomic E-state index is 0.0468. The number of alkyl halides is 3. The average molecular weight is 426 g/mol. The van der Waals surface area contributed by atoms with E-state index in [9.17, 15) is 18.0 Å². The van der Waals surface area contributed by atoms with E-state index < -0.39 is 11.7 Å². The van der Waals surface area contributed by atoms with Crippen molar-refractivity contribution in [1.29, 1.82) is 0 Å². The fourth-order valence-corrected chi connectivity index (χ4v) is 3.49. The summed E-state index contributed by atoms with van der Waals surface area (Å²) in [6.45, 7) is 2.61. The SMILES string of the molecule is O=C(NCc1cccc(C(F)(F)F)c1)NC1CCN(Cc2ccc(Cl)cc2)CC1. The maximum atomic E-state index is 12.8. The van der Waals surface area contributed by atoms with Gasteiger partial charge in [0, 0.05) is 37.2 Å². The van der Waals surface area contributed by atoms with E-state index in [0.717, 1.165) is 44.6 Å². The number of carbonyl (C=O) groups is 1. The Morgan fingerprint density at radius 1 is 1.07 bits per heavy atom. The molecule has 1 aliphatic heterocycles. The van der Waals surface area contributed by atoms with Crippen molar-refractivity contribution in [2.75, 3.05) is 13.1 Å². The lowest BCUT2D eigenvalue weighted by Gasteiger charge is -2.32. The van der Waals surface area contributed by atoms with Crippen LogP contribution in [0.4, 0.5) is 18.0 Å². The Kier molecular flexibility index (Phi) is 7.03. The number of amides is 2. The molecule has 3 rings (SSSR count). The zero-order chi connectivity index (χ0) is 20.9. The Hall–Kier alpha value is -2.25. The number of hydrogen-bond acceptors (Lipinski definition) is 2. The van der Waals surface area contributed by atoms with Crippen molar-refractivity contribution in [2.24, 2.45) is 0 Å². The van der Waals surface area contributed by atoms with Gasteiger partial charge in [0.2, 0.25) is 0 Å². The average Bonchev–Trinajstić information content (AvgIpc) is 2.69. The van der Waals surface area contributed by atoms with Crippen molar-refractivity contribution >= 4 is 17.6 Å². The lowest BCUT2D eigenvalue weighted by Crippen LogP contribution is -2.47. The normalized spacial score (nSPS) is 15.9. The van der Waals surface area contributed by atoms with Gasteiger partial charge in [-0.05, 0) is 48.2 Å². The van der Waals surface area contributed by atoms with Gasteiger partial charge in [0.1, 0.15) is 0 Å². The summed E-state index contributed by atoms with van der Waals surface area (Å²) in [5.41, 5.74) is 0.887. The van der Waals surface area contributed by atoms with Crippen LogP contribution in [0.5, 0.6) is 0 Å².